The highest BCUT2D eigenvalue weighted by atomic mass is 16.5. The molecular weight excluding hydrogens is 302 g/mol. The predicted octanol–water partition coefficient (Wildman–Crippen LogP) is 2.18. The van der Waals surface area contributed by atoms with E-state index in [0.717, 1.165) is 51.0 Å². The summed E-state index contributed by atoms with van der Waals surface area (Å²) in [6.07, 6.45) is 8.34. The molecule has 24 heavy (non-hydrogen) atoms. The maximum atomic E-state index is 11.8. The average Bonchev–Trinajstić information content (AvgIpc) is 3.28. The molecule has 4 atom stereocenters. The molecule has 1 spiro atoms. The molecule has 0 aromatic heterocycles. The minimum atomic E-state index is -0.725. The molecule has 0 radical (unpaired) electrons. The molecule has 1 aromatic rings. The highest BCUT2D eigenvalue weighted by Gasteiger charge is 2.70. The van der Waals surface area contributed by atoms with Gasteiger partial charge in [-0.25, -0.2) is 0 Å². The zero-order chi connectivity index (χ0) is 16.1. The van der Waals surface area contributed by atoms with Gasteiger partial charge in [0.25, 0.3) is 0 Å². The summed E-state index contributed by atoms with van der Waals surface area (Å²) >= 11 is 0. The Kier molecular flexibility index (Phi) is 2.49. The predicted molar refractivity (Wildman–Crippen MR) is 89.5 cm³/mol. The van der Waals surface area contributed by atoms with Gasteiger partial charge in [-0.3, -0.25) is 0 Å². The summed E-state index contributed by atoms with van der Waals surface area (Å²) in [6, 6.07) is 2.08. The van der Waals surface area contributed by atoms with Crippen molar-refractivity contribution in [2.24, 2.45) is 5.92 Å². The number of benzene rings is 1. The number of aromatic hydroxyl groups is 1. The third-order valence-electron chi connectivity index (χ3n) is 7.61. The van der Waals surface area contributed by atoms with E-state index in [1.165, 1.54) is 29.5 Å². The third-order valence-corrected chi connectivity index (χ3v) is 7.61. The first-order valence-corrected chi connectivity index (χ1v) is 9.64. The molecule has 5 aliphatic rings. The first kappa shape index (κ1) is 14.0. The van der Waals surface area contributed by atoms with Gasteiger partial charge in [0, 0.05) is 11.6 Å². The number of rotatable bonds is 2. The van der Waals surface area contributed by atoms with Gasteiger partial charge in [-0.05, 0) is 81.0 Å². The van der Waals surface area contributed by atoms with Gasteiger partial charge in [-0.15, -0.1) is 0 Å². The van der Waals surface area contributed by atoms with Gasteiger partial charge in [0.2, 0.25) is 0 Å². The van der Waals surface area contributed by atoms with Crippen LogP contribution in [-0.4, -0.2) is 34.5 Å². The average molecular weight is 327 g/mol. The van der Waals surface area contributed by atoms with Crippen LogP contribution in [0.5, 0.6) is 11.5 Å². The number of nitrogens with one attached hydrogen (secondary N) is 1. The second kappa shape index (κ2) is 4.28. The fourth-order valence-corrected chi connectivity index (χ4v) is 6.41. The minimum absolute atomic E-state index is 0.0250. The fraction of sp³-hybridized carbons (Fsp3) is 0.700. The molecule has 6 rings (SSSR count). The summed E-state index contributed by atoms with van der Waals surface area (Å²) in [7, 11) is 0. The van der Waals surface area contributed by atoms with E-state index in [1.807, 2.05) is 6.07 Å². The second-order valence-electron chi connectivity index (χ2n) is 8.74. The van der Waals surface area contributed by atoms with E-state index in [9.17, 15) is 10.2 Å². The first-order valence-electron chi connectivity index (χ1n) is 9.64. The maximum absolute atomic E-state index is 11.8. The van der Waals surface area contributed by atoms with Crippen LogP contribution in [0.15, 0.2) is 6.07 Å². The summed E-state index contributed by atoms with van der Waals surface area (Å²) in [5.74, 6) is 1.78. The van der Waals surface area contributed by atoms with Gasteiger partial charge >= 0.3 is 0 Å². The topological polar surface area (TPSA) is 61.7 Å². The summed E-state index contributed by atoms with van der Waals surface area (Å²) in [6.45, 7) is 0.930. The fourth-order valence-electron chi connectivity index (χ4n) is 6.41. The van der Waals surface area contributed by atoms with E-state index >= 15 is 0 Å². The van der Waals surface area contributed by atoms with Crippen LogP contribution < -0.4 is 10.1 Å². The standard InChI is InChI=1S/C20H25NO3/c22-14-9-12(8-11-3-4-11)13-10-15-20(23)5-1-2-16-19(20,6-7-21-15)17(13)18(14)24-16/h9,11,15-16,21-23H,1-8,10H2/t15-,16?,19-,20-/m1/s1. The zero-order valence-corrected chi connectivity index (χ0v) is 14.0. The molecule has 3 N–H and O–H groups in total. The van der Waals surface area contributed by atoms with Crippen molar-refractivity contribution >= 4 is 0 Å². The Morgan fingerprint density at radius 2 is 2.12 bits per heavy atom. The highest BCUT2D eigenvalue weighted by molar-refractivity contribution is 5.64. The molecule has 4 heteroatoms. The van der Waals surface area contributed by atoms with Crippen LogP contribution in [0.1, 0.15) is 55.2 Å². The molecule has 2 saturated carbocycles. The number of ether oxygens (including phenoxy) is 1. The first-order chi connectivity index (χ1) is 11.6. The van der Waals surface area contributed by atoms with Gasteiger partial charge in [0.1, 0.15) is 6.10 Å². The van der Waals surface area contributed by atoms with Crippen molar-refractivity contribution in [2.45, 2.75) is 74.5 Å². The van der Waals surface area contributed by atoms with Crippen LogP contribution in [0.3, 0.4) is 0 Å². The van der Waals surface area contributed by atoms with Crippen LogP contribution in [0.25, 0.3) is 0 Å². The normalized spacial score (nSPS) is 41.7. The monoisotopic (exact) mass is 327 g/mol. The molecule has 2 heterocycles. The number of aliphatic hydroxyl groups is 1. The minimum Gasteiger partial charge on any atom is -0.504 e. The summed E-state index contributed by atoms with van der Waals surface area (Å²) < 4.78 is 6.31. The third kappa shape index (κ3) is 1.45. The van der Waals surface area contributed by atoms with E-state index in [-0.39, 0.29) is 17.6 Å². The SMILES string of the molecule is Oc1cc(CC2CC2)c2c3c1OC1CCC[C@@]4(O)[C@@H](C2)NCC[C@]314. The number of hydrogen-bond acceptors (Lipinski definition) is 4. The summed E-state index contributed by atoms with van der Waals surface area (Å²) in [4.78, 5) is 0. The van der Waals surface area contributed by atoms with Crippen LogP contribution in [0, 0.1) is 5.92 Å². The van der Waals surface area contributed by atoms with E-state index in [2.05, 4.69) is 5.32 Å². The van der Waals surface area contributed by atoms with Gasteiger partial charge in [0.05, 0.1) is 11.0 Å². The molecular formula is C20H25NO3. The van der Waals surface area contributed by atoms with Crippen molar-refractivity contribution in [1.29, 1.82) is 0 Å². The zero-order valence-electron chi connectivity index (χ0n) is 14.0. The van der Waals surface area contributed by atoms with Crippen molar-refractivity contribution < 1.29 is 14.9 Å². The maximum Gasteiger partial charge on any atom is 0.165 e. The van der Waals surface area contributed by atoms with E-state index in [4.69, 9.17) is 4.74 Å². The molecule has 0 amide bonds. The molecule has 1 aromatic carbocycles. The molecule has 1 unspecified atom stereocenters. The van der Waals surface area contributed by atoms with Gasteiger partial charge in [0.15, 0.2) is 11.5 Å². The van der Waals surface area contributed by atoms with Gasteiger partial charge in [-0.2, -0.15) is 0 Å². The Hall–Kier alpha value is -1.26. The lowest BCUT2D eigenvalue weighted by molar-refractivity contribution is -0.149. The van der Waals surface area contributed by atoms with E-state index in [1.54, 1.807) is 0 Å². The molecule has 2 aliphatic heterocycles. The lowest BCUT2D eigenvalue weighted by Crippen LogP contribution is -2.74. The Morgan fingerprint density at radius 1 is 1.25 bits per heavy atom. The molecule has 128 valence electrons. The summed E-state index contributed by atoms with van der Waals surface area (Å²) in [5.41, 5.74) is 2.83. The van der Waals surface area contributed by atoms with Gasteiger partial charge < -0.3 is 20.3 Å². The van der Waals surface area contributed by atoms with Crippen LogP contribution >= 0.6 is 0 Å². The van der Waals surface area contributed by atoms with Gasteiger partial charge in [-0.1, -0.05) is 0 Å². The largest absolute Gasteiger partial charge is 0.504 e. The Bertz CT molecular complexity index is 743. The van der Waals surface area contributed by atoms with E-state index < -0.39 is 5.60 Å². The van der Waals surface area contributed by atoms with Crippen LogP contribution in [0.2, 0.25) is 0 Å². The number of phenolic OH excluding ortho intramolecular Hbond substituents is 1. The van der Waals surface area contributed by atoms with Crippen molar-refractivity contribution in [3.8, 4) is 11.5 Å². The molecule has 1 saturated heterocycles. The van der Waals surface area contributed by atoms with Crippen LogP contribution in [-0.2, 0) is 18.3 Å². The second-order valence-corrected chi connectivity index (χ2v) is 8.74. The Morgan fingerprint density at radius 3 is 2.96 bits per heavy atom. The highest BCUT2D eigenvalue weighted by Crippen LogP contribution is 2.64. The Balaban J connectivity index is 1.64. The lowest BCUT2D eigenvalue weighted by Gasteiger charge is -2.60. The van der Waals surface area contributed by atoms with Crippen molar-refractivity contribution in [3.05, 3.63) is 22.8 Å². The smallest absolute Gasteiger partial charge is 0.165 e. The quantitative estimate of drug-likeness (QED) is 0.779. The number of hydrogen-bond donors (Lipinski definition) is 3. The number of piperidine rings is 1. The molecule has 2 bridgehead atoms. The van der Waals surface area contributed by atoms with Crippen molar-refractivity contribution in [2.75, 3.05) is 6.54 Å². The van der Waals surface area contributed by atoms with Crippen LogP contribution in [0.4, 0.5) is 0 Å². The van der Waals surface area contributed by atoms with Crippen molar-refractivity contribution in [1.82, 2.24) is 5.32 Å². The summed E-state index contributed by atoms with van der Waals surface area (Å²) in [5, 5.41) is 26.1. The molecule has 3 aliphatic carbocycles. The Labute approximate surface area is 142 Å². The lowest BCUT2D eigenvalue weighted by atomic mass is 9.49. The number of phenols is 1. The molecule has 3 fully saturated rings. The van der Waals surface area contributed by atoms with E-state index in [0.29, 0.717) is 11.5 Å². The molecule has 4 nitrogen and oxygen atoms in total. The van der Waals surface area contributed by atoms with Crippen molar-refractivity contribution in [3.63, 3.8) is 0 Å².